The van der Waals surface area contributed by atoms with E-state index < -0.39 is 34.9 Å². The molecule has 2 aliphatic rings. The van der Waals surface area contributed by atoms with Crippen LogP contribution in [0.2, 0.25) is 0 Å². The van der Waals surface area contributed by atoms with E-state index >= 15 is 0 Å². The third kappa shape index (κ3) is 2.93. The number of carboxylic acids is 1. The second kappa shape index (κ2) is 7.00. The average molecular weight is 378 g/mol. The molecule has 2 N–H and O–H groups in total. The van der Waals surface area contributed by atoms with Gasteiger partial charge in [-0.15, -0.1) is 11.8 Å². The Morgan fingerprint density at radius 2 is 2.12 bits per heavy atom. The Hall–Kier alpha value is -2.52. The van der Waals surface area contributed by atoms with Gasteiger partial charge in [0.05, 0.1) is 0 Å². The first-order valence-electron chi connectivity index (χ1n) is 7.79. The van der Waals surface area contributed by atoms with Crippen molar-refractivity contribution in [2.75, 3.05) is 19.5 Å². The Morgan fingerprint density at radius 1 is 1.42 bits per heavy atom. The Bertz CT molecular complexity index is 755. The van der Waals surface area contributed by atoms with Gasteiger partial charge in [0, 0.05) is 12.9 Å². The minimum Gasteiger partial charge on any atom is -0.484 e. The van der Waals surface area contributed by atoms with Crippen molar-refractivity contribution < 1.29 is 29.0 Å². The maximum atomic E-state index is 12.6. The molecule has 0 spiro atoms. The molecule has 2 amide bonds. The van der Waals surface area contributed by atoms with Crippen molar-refractivity contribution in [3.63, 3.8) is 0 Å². The molecule has 0 radical (unpaired) electrons. The van der Waals surface area contributed by atoms with E-state index in [0.717, 1.165) is 0 Å². The van der Waals surface area contributed by atoms with Gasteiger partial charge in [0.25, 0.3) is 17.5 Å². The van der Waals surface area contributed by atoms with E-state index in [1.807, 2.05) is 6.07 Å². The number of carbonyl (C=O) groups excluding carboxylic acids is 2. The Morgan fingerprint density at radius 3 is 2.73 bits per heavy atom. The van der Waals surface area contributed by atoms with Gasteiger partial charge in [-0.2, -0.15) is 0 Å². The molecule has 0 bridgehead atoms. The first kappa shape index (κ1) is 18.3. The highest BCUT2D eigenvalue weighted by Crippen LogP contribution is 2.46. The zero-order valence-corrected chi connectivity index (χ0v) is 14.8. The molecule has 1 aromatic carbocycles. The number of carbonyl (C=O) groups is 3. The van der Waals surface area contributed by atoms with Crippen LogP contribution in [0.15, 0.2) is 42.5 Å². The third-order valence-corrected chi connectivity index (χ3v) is 5.65. The molecule has 0 aliphatic carbocycles. The molecule has 138 valence electrons. The minimum absolute atomic E-state index is 0.297. The number of hydrogen-bond donors (Lipinski definition) is 2. The number of aliphatic carboxylic acids is 1. The molecule has 2 saturated heterocycles. The fourth-order valence-corrected chi connectivity index (χ4v) is 4.40. The highest BCUT2D eigenvalue weighted by Gasteiger charge is 2.67. The van der Waals surface area contributed by atoms with Crippen LogP contribution in [0.1, 0.15) is 0 Å². The predicted octanol–water partition coefficient (Wildman–Crippen LogP) is 0.449. The molecule has 3 atom stereocenters. The number of hydrogen-bond acceptors (Lipinski definition) is 6. The van der Waals surface area contributed by atoms with Crippen LogP contribution in [0.25, 0.3) is 0 Å². The predicted molar refractivity (Wildman–Crippen MR) is 93.5 cm³/mol. The number of ether oxygens (including phenoxy) is 2. The van der Waals surface area contributed by atoms with Crippen molar-refractivity contribution in [3.8, 4) is 5.75 Å². The number of nitrogens with zero attached hydrogens (tertiary/aromatic N) is 1. The molecule has 1 aromatic rings. The van der Waals surface area contributed by atoms with Crippen LogP contribution in [0.5, 0.6) is 5.75 Å². The van der Waals surface area contributed by atoms with Crippen LogP contribution in [0, 0.1) is 0 Å². The highest BCUT2D eigenvalue weighted by molar-refractivity contribution is 8.00. The molecular formula is C17H18N2O6S. The fourth-order valence-electron chi connectivity index (χ4n) is 3.00. The summed E-state index contributed by atoms with van der Waals surface area (Å²) in [5, 5.41) is 11.3. The van der Waals surface area contributed by atoms with E-state index in [2.05, 4.69) is 11.9 Å². The van der Waals surface area contributed by atoms with Gasteiger partial charge in [-0.05, 0) is 17.7 Å². The van der Waals surface area contributed by atoms with Gasteiger partial charge in [0.1, 0.15) is 11.1 Å². The highest BCUT2D eigenvalue weighted by atomic mass is 32.2. The molecule has 0 saturated carbocycles. The number of fused-ring (bicyclic) bond motifs is 1. The lowest BCUT2D eigenvalue weighted by Gasteiger charge is -2.58. The molecule has 2 unspecified atom stereocenters. The summed E-state index contributed by atoms with van der Waals surface area (Å²) < 4.78 is 10.7. The smallest absolute Gasteiger partial charge is 0.330 e. The quantitative estimate of drug-likeness (QED) is 0.421. The van der Waals surface area contributed by atoms with Crippen LogP contribution in [0.3, 0.4) is 0 Å². The van der Waals surface area contributed by atoms with Crippen molar-refractivity contribution in [1.82, 2.24) is 10.2 Å². The van der Waals surface area contributed by atoms with E-state index in [-0.39, 0.29) is 6.61 Å². The zero-order valence-electron chi connectivity index (χ0n) is 14.0. The first-order valence-corrected chi connectivity index (χ1v) is 8.84. The van der Waals surface area contributed by atoms with Gasteiger partial charge in [-0.3, -0.25) is 9.59 Å². The fraction of sp³-hybridized carbons (Fsp3) is 0.353. The van der Waals surface area contributed by atoms with Gasteiger partial charge in [0.15, 0.2) is 12.6 Å². The molecule has 2 aliphatic heterocycles. The number of β-lactam (4-membered cyclic amide) rings is 1. The number of rotatable bonds is 6. The van der Waals surface area contributed by atoms with E-state index in [0.29, 0.717) is 17.1 Å². The van der Waals surface area contributed by atoms with Crippen LogP contribution >= 0.6 is 11.8 Å². The number of methoxy groups -OCH3 is 1. The lowest BCUT2D eigenvalue weighted by molar-refractivity contribution is -0.202. The Labute approximate surface area is 154 Å². The second-order valence-electron chi connectivity index (χ2n) is 5.86. The number of amides is 2. The van der Waals surface area contributed by atoms with Crippen molar-refractivity contribution in [1.29, 1.82) is 0 Å². The van der Waals surface area contributed by atoms with Crippen molar-refractivity contribution >= 4 is 29.5 Å². The lowest BCUT2D eigenvalue weighted by atomic mass is 9.95. The summed E-state index contributed by atoms with van der Waals surface area (Å²) >= 11 is 1.30. The summed E-state index contributed by atoms with van der Waals surface area (Å²) in [4.78, 5) is 37.6. The summed E-state index contributed by atoms with van der Waals surface area (Å²) in [5.41, 5.74) is -1.17. The summed E-state index contributed by atoms with van der Waals surface area (Å²) in [5.74, 6) is -1.44. The summed E-state index contributed by atoms with van der Waals surface area (Å²) in [6.07, 6.45) is 0. The molecular weight excluding hydrogens is 360 g/mol. The number of benzene rings is 1. The van der Waals surface area contributed by atoms with Gasteiger partial charge < -0.3 is 24.8 Å². The van der Waals surface area contributed by atoms with E-state index in [1.54, 1.807) is 24.3 Å². The van der Waals surface area contributed by atoms with Crippen LogP contribution in [-0.2, 0) is 19.1 Å². The Balaban J connectivity index is 1.70. The van der Waals surface area contributed by atoms with Crippen molar-refractivity contribution in [2.24, 2.45) is 0 Å². The largest absolute Gasteiger partial charge is 0.484 e. The second-order valence-corrected chi connectivity index (χ2v) is 6.93. The number of carboxylic acid groups (broad SMARTS) is 1. The van der Waals surface area contributed by atoms with E-state index in [9.17, 15) is 19.5 Å². The van der Waals surface area contributed by atoms with Gasteiger partial charge >= 0.3 is 5.97 Å². The number of nitrogens with one attached hydrogen (secondary N) is 1. The SMILES string of the molecule is C=C1CS[C@@H]2N(C(=O)C2(NC(=O)COc2ccccc2)OC)C1C(=O)O. The summed E-state index contributed by atoms with van der Waals surface area (Å²) in [6, 6.07) is 7.66. The van der Waals surface area contributed by atoms with Crippen LogP contribution < -0.4 is 10.1 Å². The molecule has 2 heterocycles. The zero-order chi connectivity index (χ0) is 18.9. The minimum atomic E-state index is -1.60. The average Bonchev–Trinajstić information content (AvgIpc) is 2.64. The van der Waals surface area contributed by atoms with Gasteiger partial charge in [-0.25, -0.2) is 4.79 Å². The van der Waals surface area contributed by atoms with Crippen LogP contribution in [-0.4, -0.2) is 64.4 Å². The topological polar surface area (TPSA) is 105 Å². The summed E-state index contributed by atoms with van der Waals surface area (Å²) in [6.45, 7) is 3.43. The number of para-hydroxylation sites is 1. The Kier molecular flexibility index (Phi) is 4.92. The monoisotopic (exact) mass is 378 g/mol. The van der Waals surface area contributed by atoms with Crippen molar-refractivity contribution in [3.05, 3.63) is 42.5 Å². The third-order valence-electron chi connectivity index (χ3n) is 4.24. The maximum absolute atomic E-state index is 12.6. The molecule has 3 rings (SSSR count). The molecule has 9 heteroatoms. The van der Waals surface area contributed by atoms with E-state index in [4.69, 9.17) is 9.47 Å². The first-order chi connectivity index (χ1) is 12.4. The standard InChI is InChI=1S/C17H18N2O6S/c1-10-9-26-16-17(24-2,15(23)19(16)13(10)14(21)22)18-12(20)8-25-11-6-4-3-5-7-11/h3-7,13,16H,1,8-9H2,2H3,(H,18,20)(H,21,22)/t13?,16-,17?/m0/s1. The molecule has 8 nitrogen and oxygen atoms in total. The molecule has 26 heavy (non-hydrogen) atoms. The van der Waals surface area contributed by atoms with Crippen molar-refractivity contribution in [2.45, 2.75) is 17.1 Å². The summed E-state index contributed by atoms with van der Waals surface area (Å²) in [7, 11) is 1.30. The normalized spacial score (nSPS) is 27.3. The van der Waals surface area contributed by atoms with Gasteiger partial charge in [-0.1, -0.05) is 24.8 Å². The maximum Gasteiger partial charge on any atom is 0.330 e. The molecule has 2 fully saturated rings. The van der Waals surface area contributed by atoms with Gasteiger partial charge in [0.2, 0.25) is 0 Å². The number of thioether (sulfide) groups is 1. The van der Waals surface area contributed by atoms with Crippen LogP contribution in [0.4, 0.5) is 0 Å². The lowest BCUT2D eigenvalue weighted by Crippen LogP contribution is -2.83. The molecule has 0 aromatic heterocycles. The van der Waals surface area contributed by atoms with E-state index in [1.165, 1.54) is 23.8 Å².